The summed E-state index contributed by atoms with van der Waals surface area (Å²) in [5.41, 5.74) is 2.80. The standard InChI is InChI=1S/C18H14FNO/c1-11-4-3-5-15(17(11)19)18(21)14-8-9-16-13(10-14)7-6-12(2)20-16/h3-10H,1-2H3. The molecule has 1 heterocycles. The van der Waals surface area contributed by atoms with Gasteiger partial charge in [-0.05, 0) is 49.7 Å². The van der Waals surface area contributed by atoms with Crippen LogP contribution in [0.5, 0.6) is 0 Å². The number of hydrogen-bond donors (Lipinski definition) is 0. The van der Waals surface area contributed by atoms with E-state index in [-0.39, 0.29) is 11.3 Å². The Bertz CT molecular complexity index is 855. The number of ketones is 1. The van der Waals surface area contributed by atoms with Crippen molar-refractivity contribution in [2.24, 2.45) is 0 Å². The van der Waals surface area contributed by atoms with Crippen LogP contribution in [-0.2, 0) is 0 Å². The smallest absolute Gasteiger partial charge is 0.196 e. The van der Waals surface area contributed by atoms with Gasteiger partial charge in [-0.3, -0.25) is 9.78 Å². The Morgan fingerprint density at radius 2 is 1.86 bits per heavy atom. The van der Waals surface area contributed by atoms with Crippen molar-refractivity contribution in [3.8, 4) is 0 Å². The largest absolute Gasteiger partial charge is 0.288 e. The molecule has 0 saturated heterocycles. The molecular weight excluding hydrogens is 265 g/mol. The van der Waals surface area contributed by atoms with E-state index in [1.807, 2.05) is 19.1 Å². The average Bonchev–Trinajstić information content (AvgIpc) is 2.49. The van der Waals surface area contributed by atoms with Crippen LogP contribution in [0.4, 0.5) is 4.39 Å². The second-order valence-electron chi connectivity index (χ2n) is 5.13. The maximum Gasteiger partial charge on any atom is 0.196 e. The number of carbonyl (C=O) groups excluding carboxylic acids is 1. The molecule has 0 bridgehead atoms. The first-order valence-electron chi connectivity index (χ1n) is 6.73. The normalized spacial score (nSPS) is 10.8. The van der Waals surface area contributed by atoms with Crippen LogP contribution in [0.1, 0.15) is 27.2 Å². The molecule has 0 unspecified atom stereocenters. The van der Waals surface area contributed by atoms with Gasteiger partial charge in [-0.15, -0.1) is 0 Å². The van der Waals surface area contributed by atoms with Gasteiger partial charge in [-0.2, -0.15) is 0 Å². The summed E-state index contributed by atoms with van der Waals surface area (Å²) in [5, 5.41) is 0.875. The van der Waals surface area contributed by atoms with Gasteiger partial charge in [0.05, 0.1) is 11.1 Å². The minimum atomic E-state index is -0.454. The number of halogens is 1. The third-order valence-corrected chi connectivity index (χ3v) is 3.53. The highest BCUT2D eigenvalue weighted by molar-refractivity contribution is 6.10. The SMILES string of the molecule is Cc1ccc2cc(C(=O)c3cccc(C)c3F)ccc2n1. The predicted molar refractivity (Wildman–Crippen MR) is 81.0 cm³/mol. The van der Waals surface area contributed by atoms with E-state index in [9.17, 15) is 9.18 Å². The van der Waals surface area contributed by atoms with Crippen LogP contribution >= 0.6 is 0 Å². The summed E-state index contributed by atoms with van der Waals surface area (Å²) in [6, 6.07) is 13.9. The van der Waals surface area contributed by atoms with Crippen molar-refractivity contribution >= 4 is 16.7 Å². The van der Waals surface area contributed by atoms with Gasteiger partial charge in [-0.1, -0.05) is 18.2 Å². The van der Waals surface area contributed by atoms with Crippen LogP contribution in [0.2, 0.25) is 0 Å². The first kappa shape index (κ1) is 13.4. The topological polar surface area (TPSA) is 30.0 Å². The number of aromatic nitrogens is 1. The number of rotatable bonds is 2. The lowest BCUT2D eigenvalue weighted by atomic mass is 9.99. The second kappa shape index (κ2) is 5.09. The quantitative estimate of drug-likeness (QED) is 0.657. The molecule has 0 fully saturated rings. The number of pyridine rings is 1. The maximum absolute atomic E-state index is 14.1. The molecule has 0 N–H and O–H groups in total. The third kappa shape index (κ3) is 2.42. The monoisotopic (exact) mass is 279 g/mol. The lowest BCUT2D eigenvalue weighted by molar-refractivity contribution is 0.103. The summed E-state index contributed by atoms with van der Waals surface area (Å²) in [6.45, 7) is 3.57. The number of carbonyl (C=O) groups is 1. The molecule has 0 spiro atoms. The molecule has 0 saturated carbocycles. The van der Waals surface area contributed by atoms with Crippen molar-refractivity contribution in [1.82, 2.24) is 4.98 Å². The summed E-state index contributed by atoms with van der Waals surface area (Å²) in [5.74, 6) is -0.761. The van der Waals surface area contributed by atoms with E-state index in [0.29, 0.717) is 11.1 Å². The Labute approximate surface area is 122 Å². The molecule has 3 heteroatoms. The molecule has 0 radical (unpaired) electrons. The zero-order valence-electron chi connectivity index (χ0n) is 11.9. The first-order chi connectivity index (χ1) is 10.1. The fraction of sp³-hybridized carbons (Fsp3) is 0.111. The van der Waals surface area contributed by atoms with Gasteiger partial charge in [-0.25, -0.2) is 4.39 Å². The number of benzene rings is 2. The molecule has 0 atom stereocenters. The number of nitrogens with zero attached hydrogens (tertiary/aromatic N) is 1. The summed E-state index contributed by atoms with van der Waals surface area (Å²) >= 11 is 0. The van der Waals surface area contributed by atoms with Crippen molar-refractivity contribution in [3.05, 3.63) is 76.7 Å². The lowest BCUT2D eigenvalue weighted by Crippen LogP contribution is -2.05. The van der Waals surface area contributed by atoms with E-state index in [4.69, 9.17) is 0 Å². The zero-order valence-corrected chi connectivity index (χ0v) is 11.9. The zero-order chi connectivity index (χ0) is 15.0. The van der Waals surface area contributed by atoms with Crippen LogP contribution in [0.25, 0.3) is 10.9 Å². The molecule has 0 aliphatic carbocycles. The molecule has 0 aliphatic rings. The summed E-state index contributed by atoms with van der Waals surface area (Å²) in [7, 11) is 0. The van der Waals surface area contributed by atoms with Crippen molar-refractivity contribution in [1.29, 1.82) is 0 Å². The van der Waals surface area contributed by atoms with E-state index in [0.717, 1.165) is 16.6 Å². The Hall–Kier alpha value is -2.55. The van der Waals surface area contributed by atoms with Gasteiger partial charge >= 0.3 is 0 Å². The Morgan fingerprint density at radius 3 is 2.67 bits per heavy atom. The van der Waals surface area contributed by atoms with Crippen molar-refractivity contribution in [3.63, 3.8) is 0 Å². The van der Waals surface area contributed by atoms with Gasteiger partial charge in [0.2, 0.25) is 0 Å². The molecule has 2 nitrogen and oxygen atoms in total. The highest BCUT2D eigenvalue weighted by Gasteiger charge is 2.15. The van der Waals surface area contributed by atoms with Crippen LogP contribution in [0, 0.1) is 19.7 Å². The third-order valence-electron chi connectivity index (χ3n) is 3.53. The summed E-state index contributed by atoms with van der Waals surface area (Å²) < 4.78 is 14.1. The summed E-state index contributed by atoms with van der Waals surface area (Å²) in [4.78, 5) is 16.9. The van der Waals surface area contributed by atoms with Gasteiger partial charge in [0.15, 0.2) is 5.78 Å². The van der Waals surface area contributed by atoms with E-state index < -0.39 is 5.82 Å². The summed E-state index contributed by atoms with van der Waals surface area (Å²) in [6.07, 6.45) is 0. The Balaban J connectivity index is 2.09. The van der Waals surface area contributed by atoms with Crippen molar-refractivity contribution in [2.45, 2.75) is 13.8 Å². The predicted octanol–water partition coefficient (Wildman–Crippen LogP) is 4.22. The van der Waals surface area contributed by atoms with Crippen LogP contribution in [-0.4, -0.2) is 10.8 Å². The van der Waals surface area contributed by atoms with Crippen LogP contribution in [0.15, 0.2) is 48.5 Å². The number of fused-ring (bicyclic) bond motifs is 1. The minimum Gasteiger partial charge on any atom is -0.288 e. The highest BCUT2D eigenvalue weighted by atomic mass is 19.1. The molecule has 3 rings (SSSR count). The van der Waals surface area contributed by atoms with Gasteiger partial charge in [0.1, 0.15) is 5.82 Å². The van der Waals surface area contributed by atoms with E-state index in [2.05, 4.69) is 4.98 Å². The molecule has 1 aromatic heterocycles. The Morgan fingerprint density at radius 1 is 1.05 bits per heavy atom. The minimum absolute atomic E-state index is 0.106. The molecule has 3 aromatic rings. The van der Waals surface area contributed by atoms with Crippen LogP contribution in [0.3, 0.4) is 0 Å². The average molecular weight is 279 g/mol. The van der Waals surface area contributed by atoms with Crippen molar-refractivity contribution in [2.75, 3.05) is 0 Å². The van der Waals surface area contributed by atoms with Gasteiger partial charge < -0.3 is 0 Å². The molecule has 0 aliphatic heterocycles. The molecule has 104 valence electrons. The molecular formula is C18H14FNO. The molecule has 21 heavy (non-hydrogen) atoms. The van der Waals surface area contributed by atoms with E-state index in [1.165, 1.54) is 6.07 Å². The van der Waals surface area contributed by atoms with Gasteiger partial charge in [0, 0.05) is 16.6 Å². The second-order valence-corrected chi connectivity index (χ2v) is 5.13. The number of hydrogen-bond acceptors (Lipinski definition) is 2. The first-order valence-corrected chi connectivity index (χ1v) is 6.73. The van der Waals surface area contributed by atoms with Crippen molar-refractivity contribution < 1.29 is 9.18 Å². The molecule has 2 aromatic carbocycles. The fourth-order valence-corrected chi connectivity index (χ4v) is 2.35. The maximum atomic E-state index is 14.1. The van der Waals surface area contributed by atoms with E-state index in [1.54, 1.807) is 37.3 Å². The molecule has 0 amide bonds. The lowest BCUT2D eigenvalue weighted by Gasteiger charge is -2.06. The van der Waals surface area contributed by atoms with Crippen LogP contribution < -0.4 is 0 Å². The van der Waals surface area contributed by atoms with Gasteiger partial charge in [0.25, 0.3) is 0 Å². The fourth-order valence-electron chi connectivity index (χ4n) is 2.35. The number of aryl methyl sites for hydroxylation is 2. The van der Waals surface area contributed by atoms with E-state index >= 15 is 0 Å². The highest BCUT2D eigenvalue weighted by Crippen LogP contribution is 2.20. The Kier molecular flexibility index (Phi) is 3.26.